The van der Waals surface area contributed by atoms with E-state index in [1.807, 2.05) is 0 Å². The van der Waals surface area contributed by atoms with Gasteiger partial charge in [-0.25, -0.2) is 0 Å². The third-order valence-electron chi connectivity index (χ3n) is 9.40. The van der Waals surface area contributed by atoms with Crippen LogP contribution in [0.15, 0.2) is 109 Å². The fourth-order valence-electron chi connectivity index (χ4n) is 8.34. The molecule has 3 fully saturated rings. The van der Waals surface area contributed by atoms with Gasteiger partial charge in [0.25, 0.3) is 0 Å². The summed E-state index contributed by atoms with van der Waals surface area (Å²) in [4.78, 5) is 0. The molecule has 0 N–H and O–H groups in total. The molecule has 1 saturated heterocycles. The predicted octanol–water partition coefficient (Wildman–Crippen LogP) is 0.195. The SMILES string of the molecule is C1=CC2CC3[CH]([Hf+2][CH]4C5C=CC=CC5CC4[Si]3(c3ccccc3)c3ccccc3)C2C=C1.[Cl-].[Cl-]. The summed E-state index contributed by atoms with van der Waals surface area (Å²) in [7, 11) is -1.96. The summed E-state index contributed by atoms with van der Waals surface area (Å²) in [6.07, 6.45) is 22.7. The fraction of sp³-hybridized carbons (Fsp3) is 0.333. The van der Waals surface area contributed by atoms with Crippen LogP contribution in [0.25, 0.3) is 0 Å². The molecule has 2 saturated carbocycles. The molecule has 4 heteroatoms. The standard InChI is InChI=1S/C30H30Si.2ClH.Hf/c1-3-15-27(16-4-1)31(28-17-5-2-6-18-28,29-19-23-11-7-8-12-24(23)20-29)30-21-25-13-9-10-14-26(25)22-30;;;/h1-19,21,23-26,29-30H,20,22H2;2*1H;/q;;;+2/p-2. The van der Waals surface area contributed by atoms with E-state index in [0.717, 1.165) is 42.1 Å². The number of fused-ring (bicyclic) bond motifs is 6. The quantitative estimate of drug-likeness (QED) is 0.402. The zero-order valence-corrected chi connectivity index (χ0v) is 25.3. The van der Waals surface area contributed by atoms with Gasteiger partial charge in [0, 0.05) is 0 Å². The zero-order chi connectivity index (χ0) is 21.1. The van der Waals surface area contributed by atoms with Gasteiger partial charge in [-0.15, -0.1) is 0 Å². The first-order valence-corrected chi connectivity index (χ1v) is 18.7. The fourth-order valence-corrected chi connectivity index (χ4v) is 30.9. The zero-order valence-electron chi connectivity index (χ0n) is 19.2. The minimum absolute atomic E-state index is 0. The monoisotopic (exact) mass is 668 g/mol. The van der Waals surface area contributed by atoms with Gasteiger partial charge in [0.15, 0.2) is 0 Å². The molecule has 2 aromatic carbocycles. The molecule has 1 heterocycles. The molecule has 0 bridgehead atoms. The van der Waals surface area contributed by atoms with Gasteiger partial charge in [0.2, 0.25) is 0 Å². The Kier molecular flexibility index (Phi) is 7.17. The Labute approximate surface area is 228 Å². The van der Waals surface area contributed by atoms with Crippen LogP contribution in [0.5, 0.6) is 0 Å². The summed E-state index contributed by atoms with van der Waals surface area (Å²) in [5.74, 6) is 3.24. The number of allylic oxidation sites excluding steroid dienone is 8. The predicted molar refractivity (Wildman–Crippen MR) is 133 cm³/mol. The number of benzene rings is 2. The molecule has 7 rings (SSSR count). The maximum Gasteiger partial charge on any atom is -1.00 e. The normalized spacial score (nSPS) is 37.1. The summed E-state index contributed by atoms with van der Waals surface area (Å²) in [5.41, 5.74) is 1.85. The molecule has 0 nitrogen and oxygen atoms in total. The molecule has 0 spiro atoms. The van der Waals surface area contributed by atoms with Gasteiger partial charge in [-0.05, 0) is 0 Å². The second-order valence-corrected chi connectivity index (χ2v) is 20.9. The number of halogens is 2. The molecule has 0 radical (unpaired) electrons. The molecule has 34 heavy (non-hydrogen) atoms. The van der Waals surface area contributed by atoms with Crippen LogP contribution in [-0.4, -0.2) is 8.07 Å². The second kappa shape index (κ2) is 9.85. The first-order chi connectivity index (χ1) is 15.9. The van der Waals surface area contributed by atoms with Gasteiger partial charge in [-0.1, -0.05) is 0 Å². The molecular weight excluding hydrogens is 638 g/mol. The van der Waals surface area contributed by atoms with Gasteiger partial charge >= 0.3 is 206 Å². The van der Waals surface area contributed by atoms with Gasteiger partial charge < -0.3 is 24.8 Å². The van der Waals surface area contributed by atoms with Gasteiger partial charge in [0.1, 0.15) is 0 Å². The van der Waals surface area contributed by atoms with E-state index in [-0.39, 0.29) is 24.8 Å². The molecule has 4 aliphatic carbocycles. The van der Waals surface area contributed by atoms with Crippen LogP contribution >= 0.6 is 0 Å². The topological polar surface area (TPSA) is 0 Å². The summed E-state index contributed by atoms with van der Waals surface area (Å²) in [6, 6.07) is 23.9. The van der Waals surface area contributed by atoms with E-state index in [9.17, 15) is 0 Å². The number of rotatable bonds is 2. The van der Waals surface area contributed by atoms with Crippen molar-refractivity contribution in [2.24, 2.45) is 23.7 Å². The van der Waals surface area contributed by atoms with E-state index in [4.69, 9.17) is 0 Å². The van der Waals surface area contributed by atoms with Crippen LogP contribution in [0.4, 0.5) is 0 Å². The van der Waals surface area contributed by atoms with E-state index in [0.29, 0.717) is 0 Å². The van der Waals surface area contributed by atoms with Crippen LogP contribution < -0.4 is 35.2 Å². The first kappa shape index (κ1) is 24.7. The largest absolute Gasteiger partial charge is 1.00 e. The molecule has 172 valence electrons. The summed E-state index contributed by atoms with van der Waals surface area (Å²) in [6.45, 7) is 0. The molecule has 2 aromatic rings. The van der Waals surface area contributed by atoms with Crippen LogP contribution in [0.2, 0.25) is 18.4 Å². The van der Waals surface area contributed by atoms with Crippen LogP contribution in [0.3, 0.4) is 0 Å². The van der Waals surface area contributed by atoms with Gasteiger partial charge in [0.05, 0.1) is 0 Å². The summed E-state index contributed by atoms with van der Waals surface area (Å²) in [5, 5.41) is 3.47. The Morgan fingerprint density at radius 1 is 0.559 bits per heavy atom. The Balaban J connectivity index is 0.00000120. The van der Waals surface area contributed by atoms with E-state index in [1.54, 1.807) is 10.4 Å². The second-order valence-electron chi connectivity index (χ2n) is 10.5. The third-order valence-corrected chi connectivity index (χ3v) is 26.3. The van der Waals surface area contributed by atoms with Gasteiger partial charge in [-0.2, -0.15) is 0 Å². The Hall–Kier alpha value is -0.933. The van der Waals surface area contributed by atoms with Crippen molar-refractivity contribution in [2.75, 3.05) is 0 Å². The molecule has 1 aliphatic heterocycles. The minimum Gasteiger partial charge on any atom is -1.00 e. The van der Waals surface area contributed by atoms with Crippen molar-refractivity contribution in [1.29, 1.82) is 0 Å². The maximum absolute atomic E-state index is 2.63. The molecular formula is C30H30Cl2HfSi. The van der Waals surface area contributed by atoms with E-state index < -0.39 is 31.0 Å². The smallest absolute Gasteiger partial charge is 1.00 e. The Bertz CT molecular complexity index is 1040. The maximum atomic E-state index is 2.63. The Morgan fingerprint density at radius 3 is 1.41 bits per heavy atom. The van der Waals surface area contributed by atoms with E-state index in [2.05, 4.69) is 109 Å². The van der Waals surface area contributed by atoms with Crippen LogP contribution in [0.1, 0.15) is 12.8 Å². The molecule has 0 aromatic heterocycles. The van der Waals surface area contributed by atoms with E-state index in [1.165, 1.54) is 12.8 Å². The van der Waals surface area contributed by atoms with Crippen molar-refractivity contribution in [3.05, 3.63) is 109 Å². The Morgan fingerprint density at radius 2 is 0.971 bits per heavy atom. The first-order valence-electron chi connectivity index (χ1n) is 12.4. The minimum atomic E-state index is -1.96. The van der Waals surface area contributed by atoms with Crippen molar-refractivity contribution in [2.45, 2.75) is 31.3 Å². The van der Waals surface area contributed by atoms with Crippen molar-refractivity contribution < 1.29 is 47.7 Å². The molecule has 5 aliphatic rings. The molecule has 8 unspecified atom stereocenters. The van der Waals surface area contributed by atoms with Crippen molar-refractivity contribution in [3.63, 3.8) is 0 Å². The average Bonchev–Trinajstić information content (AvgIpc) is 3.42. The van der Waals surface area contributed by atoms with E-state index >= 15 is 0 Å². The number of hydrogen-bond donors (Lipinski definition) is 0. The number of hydrogen-bond acceptors (Lipinski definition) is 0. The summed E-state index contributed by atoms with van der Waals surface area (Å²) >= 11 is -0.824. The third kappa shape index (κ3) is 3.54. The van der Waals surface area contributed by atoms with Crippen LogP contribution in [0, 0.1) is 23.7 Å². The average molecular weight is 668 g/mol. The van der Waals surface area contributed by atoms with Crippen molar-refractivity contribution in [1.82, 2.24) is 0 Å². The summed E-state index contributed by atoms with van der Waals surface area (Å²) < 4.78 is 2.04. The van der Waals surface area contributed by atoms with Crippen LogP contribution in [-0.2, 0) is 22.9 Å². The van der Waals surface area contributed by atoms with Crippen molar-refractivity contribution in [3.8, 4) is 0 Å². The van der Waals surface area contributed by atoms with Crippen molar-refractivity contribution >= 4 is 18.4 Å². The van der Waals surface area contributed by atoms with Gasteiger partial charge in [-0.3, -0.25) is 0 Å². The molecule has 8 atom stereocenters. The molecule has 0 amide bonds.